The summed E-state index contributed by atoms with van der Waals surface area (Å²) in [6.45, 7) is 5.10. The van der Waals surface area contributed by atoms with Gasteiger partial charge < -0.3 is 10.5 Å². The molecule has 0 aromatic carbocycles. The maximum absolute atomic E-state index is 11.2. The first-order chi connectivity index (χ1) is 6.76. The first-order valence-electron chi connectivity index (χ1n) is 4.32. The minimum atomic E-state index is -1.14. The Balaban J connectivity index is 4.19. The zero-order valence-corrected chi connectivity index (χ0v) is 8.93. The number of amides is 1. The molecule has 0 heterocycles. The van der Waals surface area contributed by atoms with E-state index in [-0.39, 0.29) is 6.42 Å². The van der Waals surface area contributed by atoms with Crippen molar-refractivity contribution in [3.63, 3.8) is 0 Å². The summed E-state index contributed by atoms with van der Waals surface area (Å²) in [7, 11) is 0. The van der Waals surface area contributed by atoms with Gasteiger partial charge in [0.1, 0.15) is 5.60 Å². The summed E-state index contributed by atoms with van der Waals surface area (Å²) in [6.07, 6.45) is -0.297. The van der Waals surface area contributed by atoms with Gasteiger partial charge in [-0.3, -0.25) is 9.59 Å². The highest BCUT2D eigenvalue weighted by Crippen LogP contribution is 2.09. The van der Waals surface area contributed by atoms with Crippen LogP contribution in [0, 0.1) is 0 Å². The molecule has 0 saturated carbocycles. The topological polar surface area (TPSA) is 118 Å². The normalized spacial score (nSPS) is 12.5. The Morgan fingerprint density at radius 2 is 2.07 bits per heavy atom. The molecule has 1 atom stereocenters. The zero-order valence-electron chi connectivity index (χ0n) is 8.93. The van der Waals surface area contributed by atoms with E-state index >= 15 is 0 Å². The van der Waals surface area contributed by atoms with Gasteiger partial charge in [0.05, 0.1) is 12.5 Å². The average Bonchev–Trinajstić information content (AvgIpc) is 2.00. The van der Waals surface area contributed by atoms with Crippen LogP contribution >= 0.6 is 0 Å². The van der Waals surface area contributed by atoms with Crippen LogP contribution in [0.4, 0.5) is 0 Å². The zero-order chi connectivity index (χ0) is 12.1. The van der Waals surface area contributed by atoms with Gasteiger partial charge in [0.15, 0.2) is 0 Å². The van der Waals surface area contributed by atoms with Crippen LogP contribution in [-0.4, -0.2) is 23.5 Å². The molecule has 0 radical (unpaired) electrons. The predicted octanol–water partition coefficient (Wildman–Crippen LogP) is 0.882. The van der Waals surface area contributed by atoms with E-state index in [4.69, 9.17) is 16.0 Å². The molecular weight excluding hydrogens is 200 g/mol. The highest BCUT2D eigenvalue weighted by atomic mass is 16.6. The number of nitrogens with two attached hydrogens (primary N) is 1. The van der Waals surface area contributed by atoms with Crippen molar-refractivity contribution in [3.8, 4) is 0 Å². The monoisotopic (exact) mass is 214 g/mol. The number of nitrogens with zero attached hydrogens (tertiary/aromatic N) is 3. The number of esters is 1. The highest BCUT2D eigenvalue weighted by molar-refractivity contribution is 5.86. The SMILES string of the molecule is CC(C)(C)OC(=O)C[C@H](N)C(=O)N=[N+]=[N-]. The van der Waals surface area contributed by atoms with Crippen LogP contribution < -0.4 is 5.73 Å². The number of hydrogen-bond donors (Lipinski definition) is 1. The molecule has 0 unspecified atom stereocenters. The lowest BCUT2D eigenvalue weighted by atomic mass is 10.1. The molecule has 0 aromatic heterocycles. The minimum absolute atomic E-state index is 0.297. The molecule has 15 heavy (non-hydrogen) atoms. The maximum atomic E-state index is 11.2. The number of carbonyl (C=O) groups is 2. The molecule has 1 amide bonds. The Morgan fingerprint density at radius 3 is 2.47 bits per heavy atom. The molecule has 0 bridgehead atoms. The third-order valence-corrected chi connectivity index (χ3v) is 1.27. The van der Waals surface area contributed by atoms with Gasteiger partial charge in [-0.15, -0.1) is 0 Å². The van der Waals surface area contributed by atoms with Crippen molar-refractivity contribution >= 4 is 11.9 Å². The van der Waals surface area contributed by atoms with Crippen LogP contribution in [0.2, 0.25) is 0 Å². The van der Waals surface area contributed by atoms with E-state index in [1.165, 1.54) is 0 Å². The third kappa shape index (κ3) is 6.48. The molecule has 0 aliphatic heterocycles. The van der Waals surface area contributed by atoms with E-state index in [1.54, 1.807) is 20.8 Å². The van der Waals surface area contributed by atoms with E-state index in [1.807, 2.05) is 0 Å². The van der Waals surface area contributed by atoms with Crippen molar-refractivity contribution < 1.29 is 14.3 Å². The van der Waals surface area contributed by atoms with Gasteiger partial charge in [0.25, 0.3) is 0 Å². The summed E-state index contributed by atoms with van der Waals surface area (Å²) >= 11 is 0. The van der Waals surface area contributed by atoms with Gasteiger partial charge in [-0.25, -0.2) is 0 Å². The van der Waals surface area contributed by atoms with Gasteiger partial charge in [0.2, 0.25) is 5.91 Å². The molecule has 7 nitrogen and oxygen atoms in total. The van der Waals surface area contributed by atoms with E-state index in [0.717, 1.165) is 0 Å². The molecular formula is C8H14N4O3. The number of rotatable bonds is 3. The van der Waals surface area contributed by atoms with E-state index in [0.29, 0.717) is 0 Å². The summed E-state index contributed by atoms with van der Waals surface area (Å²) in [5.41, 5.74) is 12.7. The molecule has 0 aliphatic rings. The number of carbonyl (C=O) groups excluding carboxylic acids is 2. The van der Waals surface area contributed by atoms with Crippen molar-refractivity contribution in [1.82, 2.24) is 0 Å². The Bertz CT molecular complexity index is 301. The molecule has 0 spiro atoms. The Kier molecular flexibility index (Phi) is 4.77. The lowest BCUT2D eigenvalue weighted by Gasteiger charge is -2.20. The largest absolute Gasteiger partial charge is 0.460 e. The lowest BCUT2D eigenvalue weighted by molar-refractivity contribution is -0.156. The summed E-state index contributed by atoms with van der Waals surface area (Å²) in [5, 5.41) is 2.78. The maximum Gasteiger partial charge on any atom is 0.308 e. The smallest absolute Gasteiger partial charge is 0.308 e. The Labute approximate surface area is 87.2 Å². The van der Waals surface area contributed by atoms with E-state index in [2.05, 4.69) is 10.0 Å². The average molecular weight is 214 g/mol. The van der Waals surface area contributed by atoms with Gasteiger partial charge in [-0.1, -0.05) is 0 Å². The fourth-order valence-corrected chi connectivity index (χ4v) is 0.768. The Morgan fingerprint density at radius 1 is 1.53 bits per heavy atom. The van der Waals surface area contributed by atoms with Gasteiger partial charge >= 0.3 is 5.97 Å². The van der Waals surface area contributed by atoms with Crippen LogP contribution in [-0.2, 0) is 14.3 Å². The van der Waals surface area contributed by atoms with Crippen molar-refractivity contribution in [2.45, 2.75) is 38.8 Å². The molecule has 0 aromatic rings. The quantitative estimate of drug-likeness (QED) is 0.324. The minimum Gasteiger partial charge on any atom is -0.460 e. The molecule has 2 N–H and O–H groups in total. The van der Waals surface area contributed by atoms with E-state index < -0.39 is 23.5 Å². The summed E-state index contributed by atoms with van der Waals surface area (Å²) < 4.78 is 4.93. The highest BCUT2D eigenvalue weighted by Gasteiger charge is 2.21. The van der Waals surface area contributed by atoms with Crippen LogP contribution in [0.3, 0.4) is 0 Å². The molecule has 0 aliphatic carbocycles. The third-order valence-electron chi connectivity index (χ3n) is 1.27. The lowest BCUT2D eigenvalue weighted by Crippen LogP contribution is -2.34. The molecule has 0 rings (SSSR count). The first kappa shape index (κ1) is 13.4. The second kappa shape index (κ2) is 5.33. The summed E-state index contributed by atoms with van der Waals surface area (Å²) in [5.74, 6) is -1.47. The summed E-state index contributed by atoms with van der Waals surface area (Å²) in [6, 6.07) is -1.14. The first-order valence-corrected chi connectivity index (χ1v) is 4.32. The number of azide groups is 1. The summed E-state index contributed by atoms with van der Waals surface area (Å²) in [4.78, 5) is 24.4. The van der Waals surface area contributed by atoms with Crippen LogP contribution in [0.15, 0.2) is 5.11 Å². The van der Waals surface area contributed by atoms with Gasteiger partial charge in [-0.2, -0.15) is 0 Å². The second-order valence-electron chi connectivity index (χ2n) is 3.92. The molecule has 7 heteroatoms. The standard InChI is InChI=1S/C8H14N4O3/c1-8(2,3)15-6(13)4-5(9)7(14)11-12-10/h5H,4,9H2,1-3H3/t5-/m0/s1. The second-order valence-corrected chi connectivity index (χ2v) is 3.92. The predicted molar refractivity (Wildman–Crippen MR) is 52.6 cm³/mol. The molecule has 84 valence electrons. The molecule has 0 saturated heterocycles. The molecule has 0 fully saturated rings. The Hall–Kier alpha value is -1.59. The fourth-order valence-electron chi connectivity index (χ4n) is 0.768. The van der Waals surface area contributed by atoms with Crippen molar-refractivity contribution in [3.05, 3.63) is 10.4 Å². The van der Waals surface area contributed by atoms with Crippen LogP contribution in [0.25, 0.3) is 10.4 Å². The van der Waals surface area contributed by atoms with Crippen molar-refractivity contribution in [1.29, 1.82) is 0 Å². The van der Waals surface area contributed by atoms with Crippen molar-refractivity contribution in [2.24, 2.45) is 10.8 Å². The fraction of sp³-hybridized carbons (Fsp3) is 0.750. The van der Waals surface area contributed by atoms with Crippen LogP contribution in [0.1, 0.15) is 27.2 Å². The van der Waals surface area contributed by atoms with Crippen molar-refractivity contribution in [2.75, 3.05) is 0 Å². The number of ether oxygens (including phenoxy) is 1. The van der Waals surface area contributed by atoms with E-state index in [9.17, 15) is 9.59 Å². The number of hydrogen-bond acceptors (Lipinski definition) is 4. The van der Waals surface area contributed by atoms with Crippen LogP contribution in [0.5, 0.6) is 0 Å². The van der Waals surface area contributed by atoms with Gasteiger partial charge in [-0.05, 0) is 31.4 Å². The van der Waals surface area contributed by atoms with Gasteiger partial charge in [0, 0.05) is 4.91 Å².